The molecule has 1 aromatic rings. The van der Waals surface area contributed by atoms with Gasteiger partial charge < -0.3 is 0 Å². The predicted octanol–water partition coefficient (Wildman–Crippen LogP) is 2.98. The zero-order valence-corrected chi connectivity index (χ0v) is 9.02. The van der Waals surface area contributed by atoms with Gasteiger partial charge in [-0.2, -0.15) is 0 Å². The summed E-state index contributed by atoms with van der Waals surface area (Å²) < 4.78 is 0. The van der Waals surface area contributed by atoms with E-state index < -0.39 is 7.27 Å². The van der Waals surface area contributed by atoms with E-state index >= 15 is 0 Å². The molecule has 3 radical (unpaired) electrons. The second-order valence-electron chi connectivity index (χ2n) is 2.74. The number of halogens is 1. The lowest BCUT2D eigenvalue weighted by molar-refractivity contribution is 1.11. The van der Waals surface area contributed by atoms with Gasteiger partial charge in [0.1, 0.15) is 0 Å². The van der Waals surface area contributed by atoms with Crippen molar-refractivity contribution in [1.82, 2.24) is 0 Å². The van der Waals surface area contributed by atoms with Crippen molar-refractivity contribution < 1.29 is 0 Å². The largest absolute Gasteiger partial charge is 0.0909 e. The quantitative estimate of drug-likeness (QED) is 0.505. The monoisotopic (exact) mass is 197 g/mol. The average Bonchev–Trinajstić information content (AvgIpc) is 2.05. The van der Waals surface area contributed by atoms with Crippen LogP contribution >= 0.6 is 18.5 Å². The Bertz CT molecular complexity index is 213. The molecule has 0 fully saturated rings. The van der Waals surface area contributed by atoms with E-state index in [4.69, 9.17) is 11.2 Å². The van der Waals surface area contributed by atoms with Crippen LogP contribution in [0.3, 0.4) is 0 Å². The molecule has 1 atom stereocenters. The lowest BCUT2D eigenvalue weighted by Crippen LogP contribution is -2.02. The van der Waals surface area contributed by atoms with Crippen LogP contribution in [0, 0.1) is 0 Å². The molecule has 63 valence electrons. The molecule has 0 heterocycles. The highest BCUT2D eigenvalue weighted by Crippen LogP contribution is 2.44. The molecular formula is C9H12BClP. The Kier molecular flexibility index (Phi) is 5.62. The molecule has 0 aromatic heterocycles. The van der Waals surface area contributed by atoms with Gasteiger partial charge in [0.2, 0.25) is 0 Å². The van der Waals surface area contributed by atoms with E-state index in [9.17, 15) is 0 Å². The normalized spacial score (nSPS) is 12.3. The van der Waals surface area contributed by atoms with Crippen LogP contribution in [0.25, 0.3) is 0 Å². The summed E-state index contributed by atoms with van der Waals surface area (Å²) >= 11 is 6.21. The summed E-state index contributed by atoms with van der Waals surface area (Å²) in [5.74, 6) is 0. The highest BCUT2D eigenvalue weighted by Gasteiger charge is 2.10. The molecular weight excluding hydrogens is 185 g/mol. The summed E-state index contributed by atoms with van der Waals surface area (Å²) in [7, 11) is -0.462. The van der Waals surface area contributed by atoms with Gasteiger partial charge in [-0.05, 0) is 11.0 Å². The molecule has 0 unspecified atom stereocenters. The van der Waals surface area contributed by atoms with E-state index in [1.807, 2.05) is 18.2 Å². The Hall–Kier alpha value is 0.00494. The van der Waals surface area contributed by atoms with Gasteiger partial charge in [0.15, 0.2) is 0 Å². The average molecular weight is 197 g/mol. The zero-order chi connectivity index (χ0) is 8.27. The highest BCUT2D eigenvalue weighted by atomic mass is 35.7. The summed E-state index contributed by atoms with van der Waals surface area (Å²) in [6.07, 6.45) is 0. The van der Waals surface area contributed by atoms with E-state index in [0.29, 0.717) is 5.66 Å². The van der Waals surface area contributed by atoms with Gasteiger partial charge in [0.05, 0.1) is 0 Å². The molecule has 0 N–H and O–H groups in total. The first-order valence-electron chi connectivity index (χ1n) is 3.72. The van der Waals surface area contributed by atoms with Gasteiger partial charge in [-0.1, -0.05) is 55.4 Å². The summed E-state index contributed by atoms with van der Waals surface area (Å²) in [5.41, 5.74) is 0.564. The van der Waals surface area contributed by atoms with Crippen molar-refractivity contribution in [2.45, 2.75) is 19.5 Å². The second kappa shape index (κ2) is 5.62. The van der Waals surface area contributed by atoms with Gasteiger partial charge in [-0.25, -0.2) is 0 Å². The fraction of sp³-hybridized carbons (Fsp3) is 0.333. The number of rotatable bonds is 2. The number of hydrogen-bond acceptors (Lipinski definition) is 0. The third kappa shape index (κ3) is 3.17. The molecule has 0 aliphatic rings. The Balaban J connectivity index is 0.00000121. The van der Waals surface area contributed by atoms with E-state index in [-0.39, 0.29) is 8.41 Å². The summed E-state index contributed by atoms with van der Waals surface area (Å²) in [6.45, 7) is 4.32. The third-order valence-electron chi connectivity index (χ3n) is 1.46. The molecule has 1 aromatic carbocycles. The van der Waals surface area contributed by atoms with E-state index in [1.54, 1.807) is 0 Å². The minimum Gasteiger partial charge on any atom is -0.0909 e. The van der Waals surface area contributed by atoms with Gasteiger partial charge in [0, 0.05) is 15.7 Å². The molecule has 1 rings (SSSR count). The lowest BCUT2D eigenvalue weighted by Gasteiger charge is -2.12. The van der Waals surface area contributed by atoms with E-state index in [0.717, 1.165) is 0 Å². The SMILES string of the molecule is CC(C)[P@](Cl)c1ccccc1.[B]. The number of benzene rings is 1. The lowest BCUT2D eigenvalue weighted by atomic mass is 10.4. The Morgan fingerprint density at radius 2 is 1.67 bits per heavy atom. The molecule has 0 amide bonds. The predicted molar refractivity (Wildman–Crippen MR) is 59.7 cm³/mol. The van der Waals surface area contributed by atoms with Crippen molar-refractivity contribution in [2.75, 3.05) is 0 Å². The maximum atomic E-state index is 6.21. The summed E-state index contributed by atoms with van der Waals surface area (Å²) in [4.78, 5) is 0. The Morgan fingerprint density at radius 1 is 1.17 bits per heavy atom. The van der Waals surface area contributed by atoms with Crippen LogP contribution in [0.4, 0.5) is 0 Å². The van der Waals surface area contributed by atoms with Gasteiger partial charge >= 0.3 is 0 Å². The van der Waals surface area contributed by atoms with Crippen LogP contribution in [0.1, 0.15) is 13.8 Å². The summed E-state index contributed by atoms with van der Waals surface area (Å²) in [5, 5.41) is 1.28. The first-order valence-corrected chi connectivity index (χ1v) is 6.03. The minimum atomic E-state index is -0.462. The van der Waals surface area contributed by atoms with Crippen molar-refractivity contribution in [3.8, 4) is 0 Å². The third-order valence-corrected chi connectivity index (χ3v) is 4.91. The summed E-state index contributed by atoms with van der Waals surface area (Å²) in [6, 6.07) is 10.3. The molecule has 0 saturated carbocycles. The van der Waals surface area contributed by atoms with E-state index in [1.165, 1.54) is 5.30 Å². The first-order chi connectivity index (χ1) is 5.22. The smallest absolute Gasteiger partial charge is 0.0238 e. The molecule has 0 spiro atoms. The maximum absolute atomic E-state index is 6.21. The molecule has 3 heteroatoms. The van der Waals surface area contributed by atoms with Crippen LogP contribution in [-0.4, -0.2) is 14.1 Å². The Morgan fingerprint density at radius 3 is 2.08 bits per heavy atom. The van der Waals surface area contributed by atoms with E-state index in [2.05, 4.69) is 26.0 Å². The second-order valence-corrected chi connectivity index (χ2v) is 6.00. The standard InChI is InChI=1S/C9H12ClP.B/c1-8(2)11(10)9-6-4-3-5-7-9;/h3-8H,1-2H3;/t11-;/m0./s1. The topological polar surface area (TPSA) is 0 Å². The molecule has 12 heavy (non-hydrogen) atoms. The van der Waals surface area contributed by atoms with Crippen molar-refractivity contribution in [3.63, 3.8) is 0 Å². The highest BCUT2D eigenvalue weighted by molar-refractivity contribution is 7.90. The fourth-order valence-corrected chi connectivity index (χ4v) is 2.26. The minimum absolute atomic E-state index is 0. The van der Waals surface area contributed by atoms with Gasteiger partial charge in [-0.3, -0.25) is 0 Å². The molecule has 0 nitrogen and oxygen atoms in total. The van der Waals surface area contributed by atoms with Crippen molar-refractivity contribution in [3.05, 3.63) is 30.3 Å². The van der Waals surface area contributed by atoms with Crippen LogP contribution < -0.4 is 5.30 Å². The number of hydrogen-bond donors (Lipinski definition) is 0. The van der Waals surface area contributed by atoms with Gasteiger partial charge in [-0.15, -0.1) is 0 Å². The van der Waals surface area contributed by atoms with Crippen molar-refractivity contribution >= 4 is 32.2 Å². The fourth-order valence-electron chi connectivity index (χ4n) is 0.869. The van der Waals surface area contributed by atoms with Crippen LogP contribution in [0.5, 0.6) is 0 Å². The van der Waals surface area contributed by atoms with Crippen LogP contribution in [0.15, 0.2) is 30.3 Å². The Labute approximate surface area is 82.4 Å². The molecule has 0 saturated heterocycles. The molecule has 0 bridgehead atoms. The van der Waals surface area contributed by atoms with Crippen molar-refractivity contribution in [2.24, 2.45) is 0 Å². The maximum Gasteiger partial charge on any atom is 0.0238 e. The van der Waals surface area contributed by atoms with Gasteiger partial charge in [0.25, 0.3) is 0 Å². The zero-order valence-electron chi connectivity index (χ0n) is 7.37. The first kappa shape index (κ1) is 12.0. The molecule has 0 aliphatic heterocycles. The molecule has 0 aliphatic carbocycles. The van der Waals surface area contributed by atoms with Crippen LogP contribution in [0.2, 0.25) is 0 Å². The van der Waals surface area contributed by atoms with Crippen molar-refractivity contribution in [1.29, 1.82) is 0 Å². The van der Waals surface area contributed by atoms with Crippen LogP contribution in [-0.2, 0) is 0 Å².